The Bertz CT molecular complexity index is 510. The largest absolute Gasteiger partial charge is 0.493 e. The first kappa shape index (κ1) is 13.2. The Balaban J connectivity index is 2.35. The monoisotopic (exact) mass is 266 g/mol. The van der Waals surface area contributed by atoms with Gasteiger partial charge >= 0.3 is 11.9 Å². The van der Waals surface area contributed by atoms with Gasteiger partial charge in [0.15, 0.2) is 11.5 Å². The fraction of sp³-hybridized carbons (Fsp3) is 0.385. The zero-order valence-electron chi connectivity index (χ0n) is 10.6. The Morgan fingerprint density at radius 3 is 2.58 bits per heavy atom. The zero-order chi connectivity index (χ0) is 14.0. The quantitative estimate of drug-likeness (QED) is 0.829. The second-order valence-electron chi connectivity index (χ2n) is 4.17. The fourth-order valence-corrected chi connectivity index (χ4v) is 2.11. The molecule has 102 valence electrons. The van der Waals surface area contributed by atoms with Gasteiger partial charge in [-0.15, -0.1) is 0 Å². The van der Waals surface area contributed by atoms with Crippen molar-refractivity contribution < 1.29 is 28.9 Å². The smallest absolute Gasteiger partial charge is 0.311 e. The van der Waals surface area contributed by atoms with Gasteiger partial charge in [-0.25, -0.2) is 0 Å². The number of carboxylic acids is 1. The normalized spacial score (nSPS) is 21.9. The second-order valence-corrected chi connectivity index (χ2v) is 4.17. The lowest BCUT2D eigenvalue weighted by Crippen LogP contribution is -2.17. The molecule has 1 N–H and O–H groups in total. The lowest BCUT2D eigenvalue weighted by molar-refractivity contribution is -0.144. The summed E-state index contributed by atoms with van der Waals surface area (Å²) in [7, 11) is 2.99. The highest BCUT2D eigenvalue weighted by Crippen LogP contribution is 2.39. The summed E-state index contributed by atoms with van der Waals surface area (Å²) in [5, 5.41) is 9.10. The third kappa shape index (κ3) is 2.47. The van der Waals surface area contributed by atoms with Gasteiger partial charge in [-0.1, -0.05) is 6.07 Å². The van der Waals surface area contributed by atoms with E-state index in [0.717, 1.165) is 0 Å². The molecule has 1 aromatic rings. The van der Waals surface area contributed by atoms with Crippen molar-refractivity contribution in [1.29, 1.82) is 0 Å². The van der Waals surface area contributed by atoms with E-state index in [4.69, 9.17) is 19.3 Å². The molecule has 0 radical (unpaired) electrons. The van der Waals surface area contributed by atoms with Crippen LogP contribution in [0, 0.1) is 5.92 Å². The number of hydrogen-bond acceptors (Lipinski definition) is 5. The van der Waals surface area contributed by atoms with Crippen LogP contribution in [0.4, 0.5) is 0 Å². The van der Waals surface area contributed by atoms with Crippen molar-refractivity contribution in [3.8, 4) is 11.5 Å². The molecule has 0 bridgehead atoms. The minimum Gasteiger partial charge on any atom is -0.493 e. The summed E-state index contributed by atoms with van der Waals surface area (Å²) in [5.74, 6) is -1.43. The Morgan fingerprint density at radius 1 is 1.32 bits per heavy atom. The van der Waals surface area contributed by atoms with E-state index < -0.39 is 24.0 Å². The molecule has 0 amide bonds. The minimum atomic E-state index is -1.05. The molecule has 6 nitrogen and oxygen atoms in total. The molecular weight excluding hydrogens is 252 g/mol. The van der Waals surface area contributed by atoms with Gasteiger partial charge in [0.2, 0.25) is 0 Å². The summed E-state index contributed by atoms with van der Waals surface area (Å²) in [6.45, 7) is 0. The van der Waals surface area contributed by atoms with Crippen LogP contribution in [0.3, 0.4) is 0 Å². The molecule has 2 unspecified atom stereocenters. The highest BCUT2D eigenvalue weighted by Gasteiger charge is 2.41. The highest BCUT2D eigenvalue weighted by molar-refractivity contribution is 5.82. The molecule has 0 saturated carbocycles. The van der Waals surface area contributed by atoms with E-state index in [-0.39, 0.29) is 6.42 Å². The molecule has 1 heterocycles. The molecule has 6 heteroatoms. The lowest BCUT2D eigenvalue weighted by Gasteiger charge is -2.16. The number of aliphatic carboxylic acids is 1. The summed E-state index contributed by atoms with van der Waals surface area (Å²) < 4.78 is 15.3. The summed E-state index contributed by atoms with van der Waals surface area (Å²) >= 11 is 0. The van der Waals surface area contributed by atoms with Crippen LogP contribution in [-0.4, -0.2) is 31.3 Å². The zero-order valence-corrected chi connectivity index (χ0v) is 10.6. The number of benzene rings is 1. The van der Waals surface area contributed by atoms with E-state index in [9.17, 15) is 9.59 Å². The lowest BCUT2D eigenvalue weighted by atomic mass is 9.95. The second kappa shape index (κ2) is 5.17. The van der Waals surface area contributed by atoms with Crippen molar-refractivity contribution in [2.45, 2.75) is 12.5 Å². The van der Waals surface area contributed by atoms with E-state index >= 15 is 0 Å². The van der Waals surface area contributed by atoms with Crippen LogP contribution in [0.1, 0.15) is 18.1 Å². The van der Waals surface area contributed by atoms with Gasteiger partial charge < -0.3 is 19.3 Å². The summed E-state index contributed by atoms with van der Waals surface area (Å²) in [5.41, 5.74) is 0.580. The maximum absolute atomic E-state index is 11.3. The number of hydrogen-bond donors (Lipinski definition) is 1. The predicted octanol–water partition coefficient (Wildman–Crippen LogP) is 1.39. The number of methoxy groups -OCH3 is 2. The molecule has 0 aliphatic carbocycles. The number of ether oxygens (including phenoxy) is 3. The summed E-state index contributed by atoms with van der Waals surface area (Å²) in [6.07, 6.45) is -0.904. The molecule has 1 aliphatic rings. The Labute approximate surface area is 109 Å². The number of rotatable bonds is 4. The maximum atomic E-state index is 11.3. The third-order valence-corrected chi connectivity index (χ3v) is 3.06. The number of esters is 1. The average molecular weight is 266 g/mol. The van der Waals surface area contributed by atoms with Crippen LogP contribution >= 0.6 is 0 Å². The van der Waals surface area contributed by atoms with Crippen molar-refractivity contribution in [2.75, 3.05) is 14.2 Å². The molecule has 0 spiro atoms. The maximum Gasteiger partial charge on any atom is 0.311 e. The van der Waals surface area contributed by atoms with Crippen LogP contribution in [0.25, 0.3) is 0 Å². The van der Waals surface area contributed by atoms with Gasteiger partial charge in [-0.05, 0) is 17.7 Å². The van der Waals surface area contributed by atoms with E-state index in [1.54, 1.807) is 18.2 Å². The van der Waals surface area contributed by atoms with Crippen LogP contribution in [0.15, 0.2) is 18.2 Å². The van der Waals surface area contributed by atoms with E-state index in [0.29, 0.717) is 17.1 Å². The van der Waals surface area contributed by atoms with Crippen molar-refractivity contribution >= 4 is 11.9 Å². The molecule has 1 saturated heterocycles. The van der Waals surface area contributed by atoms with Gasteiger partial charge in [-0.3, -0.25) is 9.59 Å². The Kier molecular flexibility index (Phi) is 3.59. The van der Waals surface area contributed by atoms with Gasteiger partial charge in [0.05, 0.1) is 20.6 Å². The number of carboxylic acid groups (broad SMARTS) is 1. The van der Waals surface area contributed by atoms with Crippen LogP contribution < -0.4 is 9.47 Å². The highest BCUT2D eigenvalue weighted by atomic mass is 16.6. The third-order valence-electron chi connectivity index (χ3n) is 3.06. The molecule has 2 atom stereocenters. The molecule has 0 aromatic heterocycles. The molecule has 19 heavy (non-hydrogen) atoms. The van der Waals surface area contributed by atoms with Crippen molar-refractivity contribution in [2.24, 2.45) is 5.92 Å². The number of carbonyl (C=O) groups excluding carboxylic acids is 1. The van der Waals surface area contributed by atoms with Crippen molar-refractivity contribution in [3.63, 3.8) is 0 Å². The van der Waals surface area contributed by atoms with Gasteiger partial charge in [0.1, 0.15) is 12.0 Å². The van der Waals surface area contributed by atoms with Crippen molar-refractivity contribution in [1.82, 2.24) is 0 Å². The summed E-state index contributed by atoms with van der Waals surface area (Å²) in [4.78, 5) is 22.4. The SMILES string of the molecule is COc1ccc(C2OC(=O)CC2C(=O)O)cc1OC. The van der Waals surface area contributed by atoms with Crippen LogP contribution in [0.2, 0.25) is 0 Å². The molecule has 2 rings (SSSR count). The first-order chi connectivity index (χ1) is 9.06. The van der Waals surface area contributed by atoms with E-state index in [1.165, 1.54) is 14.2 Å². The van der Waals surface area contributed by atoms with Gasteiger partial charge in [0, 0.05) is 0 Å². The van der Waals surface area contributed by atoms with Crippen LogP contribution in [-0.2, 0) is 14.3 Å². The Hall–Kier alpha value is -2.24. The van der Waals surface area contributed by atoms with Gasteiger partial charge in [-0.2, -0.15) is 0 Å². The predicted molar refractivity (Wildman–Crippen MR) is 64.1 cm³/mol. The van der Waals surface area contributed by atoms with E-state index in [1.807, 2.05) is 0 Å². The topological polar surface area (TPSA) is 82.1 Å². The molecule has 1 aliphatic heterocycles. The Morgan fingerprint density at radius 2 is 2.00 bits per heavy atom. The van der Waals surface area contributed by atoms with E-state index in [2.05, 4.69) is 0 Å². The standard InChI is InChI=1S/C13H14O6/c1-17-9-4-3-7(5-10(9)18-2)12-8(13(15)16)6-11(14)19-12/h3-5,8,12H,6H2,1-2H3,(H,15,16). The molecular formula is C13H14O6. The number of carbonyl (C=O) groups is 2. The first-order valence-electron chi connectivity index (χ1n) is 5.71. The molecule has 1 aromatic carbocycles. The minimum absolute atomic E-state index is 0.117. The average Bonchev–Trinajstić information content (AvgIpc) is 2.80. The van der Waals surface area contributed by atoms with Crippen molar-refractivity contribution in [3.05, 3.63) is 23.8 Å². The summed E-state index contributed by atoms with van der Waals surface area (Å²) in [6, 6.07) is 4.94. The fourth-order valence-electron chi connectivity index (χ4n) is 2.11. The number of cyclic esters (lactones) is 1. The molecule has 1 fully saturated rings. The first-order valence-corrected chi connectivity index (χ1v) is 5.71. The van der Waals surface area contributed by atoms with Gasteiger partial charge in [0.25, 0.3) is 0 Å². The van der Waals surface area contributed by atoms with Crippen LogP contribution in [0.5, 0.6) is 11.5 Å².